The molecule has 3 rings (SSSR count). The Morgan fingerprint density at radius 2 is 1.87 bits per heavy atom. The zero-order valence-corrected chi connectivity index (χ0v) is 19.5. The van der Waals surface area contributed by atoms with Gasteiger partial charge in [-0.2, -0.15) is 4.99 Å². The number of carbonyl (C=O) groups is 1. The zero-order chi connectivity index (χ0) is 21.9. The largest absolute Gasteiger partial charge is 0.317 e. The molecule has 30 heavy (non-hydrogen) atoms. The molecule has 0 aliphatic carbocycles. The molecule has 6 nitrogen and oxygen atoms in total. The monoisotopic (exact) mass is 465 g/mol. The van der Waals surface area contributed by atoms with E-state index in [1.54, 1.807) is 7.05 Å². The molecule has 1 heterocycles. The van der Waals surface area contributed by atoms with Gasteiger partial charge in [0, 0.05) is 30.7 Å². The van der Waals surface area contributed by atoms with Crippen LogP contribution in [0.3, 0.4) is 0 Å². The van der Waals surface area contributed by atoms with Crippen LogP contribution < -0.4 is 4.80 Å². The van der Waals surface area contributed by atoms with E-state index in [9.17, 15) is 13.2 Å². The Morgan fingerprint density at radius 1 is 1.17 bits per heavy atom. The highest BCUT2D eigenvalue weighted by Crippen LogP contribution is 2.22. The number of sulfonamides is 1. The molecule has 0 fully saturated rings. The Kier molecular flexibility index (Phi) is 7.13. The van der Waals surface area contributed by atoms with Crippen molar-refractivity contribution in [3.63, 3.8) is 0 Å². The van der Waals surface area contributed by atoms with Gasteiger partial charge in [-0.25, -0.2) is 12.7 Å². The van der Waals surface area contributed by atoms with Gasteiger partial charge in [0.2, 0.25) is 10.0 Å². The average Bonchev–Trinajstić information content (AvgIpc) is 3.07. The van der Waals surface area contributed by atoms with Gasteiger partial charge in [-0.3, -0.25) is 4.79 Å². The van der Waals surface area contributed by atoms with Crippen LogP contribution in [0.5, 0.6) is 0 Å². The van der Waals surface area contributed by atoms with Gasteiger partial charge in [0.05, 0.1) is 15.1 Å². The number of aromatic nitrogens is 1. The van der Waals surface area contributed by atoms with E-state index in [0.29, 0.717) is 28.5 Å². The summed E-state index contributed by atoms with van der Waals surface area (Å²) in [5, 5.41) is 0.630. The molecule has 0 atom stereocenters. The lowest BCUT2D eigenvalue weighted by atomic mass is 10.2. The van der Waals surface area contributed by atoms with Crippen molar-refractivity contribution in [1.29, 1.82) is 0 Å². The fourth-order valence-corrected chi connectivity index (χ4v) is 5.62. The quantitative estimate of drug-likeness (QED) is 0.514. The summed E-state index contributed by atoms with van der Waals surface area (Å²) in [5.74, 6) is -0.418. The van der Waals surface area contributed by atoms with E-state index >= 15 is 0 Å². The van der Waals surface area contributed by atoms with Gasteiger partial charge in [0.25, 0.3) is 5.91 Å². The van der Waals surface area contributed by atoms with E-state index in [1.165, 1.54) is 39.9 Å². The first-order valence-electron chi connectivity index (χ1n) is 9.72. The number of amides is 1. The number of hydrogen-bond donors (Lipinski definition) is 0. The second-order valence-electron chi connectivity index (χ2n) is 6.86. The lowest BCUT2D eigenvalue weighted by Crippen LogP contribution is -2.27. The molecule has 0 spiro atoms. The standard InChI is InChI=1S/C21H24ClN3O3S2/c1-4-6-13-24(3)30(27,28)17-10-7-15(8-11-17)20(26)23-21-25(5-2)18-12-9-16(22)14-19(18)29-21/h7-12,14H,4-6,13H2,1-3H3. The van der Waals surface area contributed by atoms with Crippen molar-refractivity contribution in [2.75, 3.05) is 13.6 Å². The summed E-state index contributed by atoms with van der Waals surface area (Å²) in [6.45, 7) is 5.12. The van der Waals surface area contributed by atoms with Crippen molar-refractivity contribution in [1.82, 2.24) is 8.87 Å². The molecule has 0 saturated carbocycles. The Morgan fingerprint density at radius 3 is 2.50 bits per heavy atom. The number of nitrogens with zero attached hydrogens (tertiary/aromatic N) is 3. The van der Waals surface area contributed by atoms with Gasteiger partial charge in [0.15, 0.2) is 4.80 Å². The molecule has 0 bridgehead atoms. The first kappa shape index (κ1) is 22.7. The smallest absolute Gasteiger partial charge is 0.279 e. The lowest BCUT2D eigenvalue weighted by Gasteiger charge is -2.16. The maximum Gasteiger partial charge on any atom is 0.279 e. The molecule has 9 heteroatoms. The predicted molar refractivity (Wildman–Crippen MR) is 122 cm³/mol. The first-order chi connectivity index (χ1) is 14.3. The van der Waals surface area contributed by atoms with Gasteiger partial charge in [-0.1, -0.05) is 36.3 Å². The Balaban J connectivity index is 1.91. The summed E-state index contributed by atoms with van der Waals surface area (Å²) in [6.07, 6.45) is 1.71. The molecule has 0 saturated heterocycles. The minimum Gasteiger partial charge on any atom is -0.317 e. The fourth-order valence-electron chi connectivity index (χ4n) is 3.04. The molecule has 1 aromatic heterocycles. The molecule has 2 aromatic carbocycles. The van der Waals surface area contributed by atoms with Crippen molar-refractivity contribution in [3.8, 4) is 0 Å². The summed E-state index contributed by atoms with van der Waals surface area (Å²) in [7, 11) is -2.00. The number of carbonyl (C=O) groups excluding carboxylic acids is 1. The van der Waals surface area contributed by atoms with Gasteiger partial charge >= 0.3 is 0 Å². The second kappa shape index (κ2) is 9.43. The molecule has 1 amide bonds. The topological polar surface area (TPSA) is 71.7 Å². The Bertz CT molecular complexity index is 1230. The number of halogens is 1. The average molecular weight is 466 g/mol. The number of unbranched alkanes of at least 4 members (excludes halogenated alkanes) is 1. The van der Waals surface area contributed by atoms with Gasteiger partial charge in [0.1, 0.15) is 0 Å². The summed E-state index contributed by atoms with van der Waals surface area (Å²) in [6, 6.07) is 11.5. The maximum atomic E-state index is 12.7. The van der Waals surface area contributed by atoms with E-state index in [-0.39, 0.29) is 4.90 Å². The molecular weight excluding hydrogens is 442 g/mol. The number of benzene rings is 2. The van der Waals surface area contributed by atoms with Crippen LogP contribution in [0, 0.1) is 0 Å². The number of fused-ring (bicyclic) bond motifs is 1. The van der Waals surface area contributed by atoms with Crippen molar-refractivity contribution < 1.29 is 13.2 Å². The number of aryl methyl sites for hydroxylation is 1. The van der Waals surface area contributed by atoms with E-state index in [2.05, 4.69) is 4.99 Å². The third-order valence-corrected chi connectivity index (χ3v) is 7.94. The van der Waals surface area contributed by atoms with Gasteiger partial charge < -0.3 is 4.57 Å². The van der Waals surface area contributed by atoms with Crippen LogP contribution in [0.1, 0.15) is 37.0 Å². The van der Waals surface area contributed by atoms with E-state index in [1.807, 2.05) is 36.6 Å². The number of thiazole rings is 1. The van der Waals surface area contributed by atoms with Crippen LogP contribution in [0.2, 0.25) is 5.02 Å². The summed E-state index contributed by atoms with van der Waals surface area (Å²) < 4.78 is 29.5. The molecule has 0 N–H and O–H groups in total. The Hall–Kier alpha value is -2.00. The molecule has 160 valence electrons. The molecule has 0 radical (unpaired) electrons. The van der Waals surface area contributed by atoms with Crippen molar-refractivity contribution in [2.24, 2.45) is 4.99 Å². The normalized spacial score (nSPS) is 12.8. The minimum atomic E-state index is -3.57. The third kappa shape index (κ3) is 4.67. The first-order valence-corrected chi connectivity index (χ1v) is 12.4. The number of hydrogen-bond acceptors (Lipinski definition) is 4. The van der Waals surface area contributed by atoms with Crippen LogP contribution in [-0.4, -0.2) is 36.8 Å². The van der Waals surface area contributed by atoms with Crippen LogP contribution >= 0.6 is 22.9 Å². The van der Waals surface area contributed by atoms with Crippen LogP contribution in [0.4, 0.5) is 0 Å². The van der Waals surface area contributed by atoms with Gasteiger partial charge in [-0.05, 0) is 55.8 Å². The van der Waals surface area contributed by atoms with Gasteiger partial charge in [-0.15, -0.1) is 0 Å². The summed E-state index contributed by atoms with van der Waals surface area (Å²) in [4.78, 5) is 17.7. The highest BCUT2D eigenvalue weighted by atomic mass is 35.5. The SMILES string of the molecule is CCCCN(C)S(=O)(=O)c1ccc(C(=O)N=c2sc3cc(Cl)ccc3n2CC)cc1. The van der Waals surface area contributed by atoms with Crippen LogP contribution in [0.15, 0.2) is 52.4 Å². The molecule has 0 aliphatic rings. The van der Waals surface area contributed by atoms with Crippen LogP contribution in [-0.2, 0) is 16.6 Å². The summed E-state index contributed by atoms with van der Waals surface area (Å²) in [5.41, 5.74) is 1.30. The van der Waals surface area contributed by atoms with Crippen molar-refractivity contribution >= 4 is 49.1 Å². The van der Waals surface area contributed by atoms with E-state index in [0.717, 1.165) is 23.1 Å². The highest BCUT2D eigenvalue weighted by molar-refractivity contribution is 7.89. The second-order valence-corrected chi connectivity index (χ2v) is 10.4. The van der Waals surface area contributed by atoms with Crippen molar-refractivity contribution in [3.05, 3.63) is 57.9 Å². The molecular formula is C21H24ClN3O3S2. The predicted octanol–water partition coefficient (Wildman–Crippen LogP) is 4.54. The Labute approximate surface area is 185 Å². The van der Waals surface area contributed by atoms with E-state index in [4.69, 9.17) is 11.6 Å². The fraction of sp³-hybridized carbons (Fsp3) is 0.333. The lowest BCUT2D eigenvalue weighted by molar-refractivity contribution is 0.0997. The summed E-state index contributed by atoms with van der Waals surface area (Å²) >= 11 is 7.47. The molecule has 0 aliphatic heterocycles. The highest BCUT2D eigenvalue weighted by Gasteiger charge is 2.20. The number of rotatable bonds is 7. The minimum absolute atomic E-state index is 0.165. The molecule has 0 unspecified atom stereocenters. The van der Waals surface area contributed by atoms with Crippen LogP contribution in [0.25, 0.3) is 10.2 Å². The van der Waals surface area contributed by atoms with E-state index < -0.39 is 15.9 Å². The zero-order valence-electron chi connectivity index (χ0n) is 17.1. The molecule has 3 aromatic rings. The van der Waals surface area contributed by atoms with Crippen molar-refractivity contribution in [2.45, 2.75) is 38.1 Å². The maximum absolute atomic E-state index is 12.7. The third-order valence-electron chi connectivity index (χ3n) is 4.79.